The van der Waals surface area contributed by atoms with Gasteiger partial charge in [0.2, 0.25) is 0 Å². The Morgan fingerprint density at radius 2 is 1.59 bits per heavy atom. The largest absolute Gasteiger partial charge is 0.480 e. The lowest BCUT2D eigenvalue weighted by atomic mass is 9.98. The molecule has 1 aliphatic rings. The molecule has 0 fully saturated rings. The molecule has 3 rings (SSSR count). The van der Waals surface area contributed by atoms with E-state index in [1.165, 1.54) is 0 Å². The standard InChI is InChI=1S/C19H19N3O5/c20-18(25)21-9-16(17(23)24)22-19(26)27-10-15-13-7-3-1-5-11(13)12-6-2-4-8-14(12)15/h1-8,15-16H,9-10H2,(H,22,26)(H,23,24)(H3,20,21,25). The number of urea groups is 1. The molecule has 0 bridgehead atoms. The van der Waals surface area contributed by atoms with Crippen LogP contribution in [0, 0.1) is 0 Å². The molecule has 2 aromatic rings. The van der Waals surface area contributed by atoms with E-state index in [1.54, 1.807) is 0 Å². The number of benzene rings is 2. The van der Waals surface area contributed by atoms with Crippen LogP contribution in [0.5, 0.6) is 0 Å². The van der Waals surface area contributed by atoms with E-state index < -0.39 is 24.1 Å². The van der Waals surface area contributed by atoms with Crippen LogP contribution in [0.1, 0.15) is 17.0 Å². The Labute approximate surface area is 155 Å². The van der Waals surface area contributed by atoms with Gasteiger partial charge in [0.25, 0.3) is 0 Å². The highest BCUT2D eigenvalue weighted by molar-refractivity contribution is 5.82. The molecule has 0 heterocycles. The summed E-state index contributed by atoms with van der Waals surface area (Å²) in [6, 6.07) is 13.5. The summed E-state index contributed by atoms with van der Waals surface area (Å²) >= 11 is 0. The number of carboxylic acid groups (broad SMARTS) is 1. The number of carbonyl (C=O) groups is 3. The van der Waals surface area contributed by atoms with Gasteiger partial charge < -0.3 is 26.2 Å². The molecule has 0 aliphatic heterocycles. The fourth-order valence-electron chi connectivity index (χ4n) is 3.19. The minimum atomic E-state index is -1.34. The zero-order valence-electron chi connectivity index (χ0n) is 14.3. The number of hydrogen-bond donors (Lipinski definition) is 4. The maximum atomic E-state index is 12.0. The Kier molecular flexibility index (Phi) is 5.25. The van der Waals surface area contributed by atoms with E-state index in [1.807, 2.05) is 48.5 Å². The molecule has 140 valence electrons. The zero-order valence-corrected chi connectivity index (χ0v) is 14.3. The van der Waals surface area contributed by atoms with Gasteiger partial charge in [-0.2, -0.15) is 0 Å². The van der Waals surface area contributed by atoms with Crippen molar-refractivity contribution in [1.29, 1.82) is 0 Å². The topological polar surface area (TPSA) is 131 Å². The highest BCUT2D eigenvalue weighted by Crippen LogP contribution is 2.44. The van der Waals surface area contributed by atoms with Gasteiger partial charge in [-0.05, 0) is 22.3 Å². The highest BCUT2D eigenvalue weighted by atomic mass is 16.5. The van der Waals surface area contributed by atoms with Gasteiger partial charge in [-0.3, -0.25) is 0 Å². The molecule has 27 heavy (non-hydrogen) atoms. The molecule has 0 saturated carbocycles. The van der Waals surface area contributed by atoms with Crippen molar-refractivity contribution in [1.82, 2.24) is 10.6 Å². The van der Waals surface area contributed by atoms with Crippen LogP contribution in [-0.4, -0.2) is 42.4 Å². The number of carbonyl (C=O) groups excluding carboxylic acids is 2. The van der Waals surface area contributed by atoms with Crippen LogP contribution in [-0.2, 0) is 9.53 Å². The van der Waals surface area contributed by atoms with Crippen LogP contribution >= 0.6 is 0 Å². The van der Waals surface area contributed by atoms with Crippen LogP contribution in [0.3, 0.4) is 0 Å². The van der Waals surface area contributed by atoms with Gasteiger partial charge in [0, 0.05) is 5.92 Å². The summed E-state index contributed by atoms with van der Waals surface area (Å²) in [5.41, 5.74) is 9.21. The van der Waals surface area contributed by atoms with Crippen molar-refractivity contribution in [2.24, 2.45) is 5.73 Å². The quantitative estimate of drug-likeness (QED) is 0.615. The van der Waals surface area contributed by atoms with Crippen molar-refractivity contribution >= 4 is 18.1 Å². The first-order valence-electron chi connectivity index (χ1n) is 8.35. The van der Waals surface area contributed by atoms with E-state index in [-0.39, 0.29) is 19.1 Å². The molecule has 3 amide bonds. The van der Waals surface area contributed by atoms with Crippen molar-refractivity contribution < 1.29 is 24.2 Å². The smallest absolute Gasteiger partial charge is 0.407 e. The first kappa shape index (κ1) is 18.2. The van der Waals surface area contributed by atoms with E-state index in [0.29, 0.717) is 0 Å². The molecule has 1 unspecified atom stereocenters. The van der Waals surface area contributed by atoms with Crippen molar-refractivity contribution in [3.05, 3.63) is 59.7 Å². The first-order chi connectivity index (χ1) is 13.0. The van der Waals surface area contributed by atoms with Crippen molar-refractivity contribution in [3.63, 3.8) is 0 Å². The maximum Gasteiger partial charge on any atom is 0.407 e. The first-order valence-corrected chi connectivity index (χ1v) is 8.35. The van der Waals surface area contributed by atoms with E-state index in [0.717, 1.165) is 22.3 Å². The Morgan fingerprint density at radius 3 is 2.11 bits per heavy atom. The molecule has 8 nitrogen and oxygen atoms in total. The number of aliphatic carboxylic acids is 1. The van der Waals surface area contributed by atoms with Crippen LogP contribution in [0.15, 0.2) is 48.5 Å². The van der Waals surface area contributed by atoms with Crippen molar-refractivity contribution in [2.45, 2.75) is 12.0 Å². The van der Waals surface area contributed by atoms with Crippen molar-refractivity contribution in [2.75, 3.05) is 13.2 Å². The lowest BCUT2D eigenvalue weighted by Crippen LogP contribution is -2.49. The Bertz CT molecular complexity index is 838. The summed E-state index contributed by atoms with van der Waals surface area (Å²) in [6.45, 7) is -0.274. The molecule has 1 aliphatic carbocycles. The van der Waals surface area contributed by atoms with E-state index in [4.69, 9.17) is 15.6 Å². The summed E-state index contributed by atoms with van der Waals surface area (Å²) in [5.74, 6) is -1.44. The van der Waals surface area contributed by atoms with Gasteiger partial charge in [0.05, 0.1) is 6.54 Å². The second kappa shape index (κ2) is 7.77. The molecule has 8 heteroatoms. The zero-order chi connectivity index (χ0) is 19.4. The maximum absolute atomic E-state index is 12.0. The second-order valence-corrected chi connectivity index (χ2v) is 6.11. The minimum absolute atomic E-state index is 0.0649. The molecule has 0 saturated heterocycles. The lowest BCUT2D eigenvalue weighted by Gasteiger charge is -2.17. The third-order valence-corrected chi connectivity index (χ3v) is 4.41. The number of rotatable bonds is 6. The van der Waals surface area contributed by atoms with Crippen LogP contribution < -0.4 is 16.4 Å². The number of carboxylic acids is 1. The number of hydrogen-bond acceptors (Lipinski definition) is 4. The number of ether oxygens (including phenoxy) is 1. The summed E-state index contributed by atoms with van der Waals surface area (Å²) in [4.78, 5) is 33.9. The molecule has 2 aromatic carbocycles. The number of amides is 3. The fourth-order valence-corrected chi connectivity index (χ4v) is 3.19. The Balaban J connectivity index is 1.67. The van der Waals surface area contributed by atoms with Crippen molar-refractivity contribution in [3.8, 4) is 11.1 Å². The summed E-state index contributed by atoms with van der Waals surface area (Å²) in [6.07, 6.45) is -0.879. The van der Waals surface area contributed by atoms with Crippen LogP contribution in [0.25, 0.3) is 11.1 Å². The van der Waals surface area contributed by atoms with Gasteiger partial charge in [-0.15, -0.1) is 0 Å². The van der Waals surface area contributed by atoms with Gasteiger partial charge >= 0.3 is 18.1 Å². The lowest BCUT2D eigenvalue weighted by molar-refractivity contribution is -0.139. The number of nitrogens with two attached hydrogens (primary N) is 1. The molecule has 5 N–H and O–H groups in total. The van der Waals surface area contributed by atoms with Crippen LogP contribution in [0.4, 0.5) is 9.59 Å². The van der Waals surface area contributed by atoms with Gasteiger partial charge in [0.15, 0.2) is 0 Å². The molecule has 0 radical (unpaired) electrons. The molecule has 1 atom stereocenters. The van der Waals surface area contributed by atoms with Gasteiger partial charge in [-0.1, -0.05) is 48.5 Å². The number of primary amides is 1. The monoisotopic (exact) mass is 369 g/mol. The molecule has 0 aromatic heterocycles. The Morgan fingerprint density at radius 1 is 1.04 bits per heavy atom. The Hall–Kier alpha value is -3.55. The SMILES string of the molecule is NC(=O)NCC(NC(=O)OCC1c2ccccc2-c2ccccc21)C(=O)O. The van der Waals surface area contributed by atoms with E-state index in [9.17, 15) is 14.4 Å². The average Bonchev–Trinajstić information content (AvgIpc) is 2.97. The predicted octanol–water partition coefficient (Wildman–Crippen LogP) is 1.65. The normalized spacial score (nSPS) is 13.2. The fraction of sp³-hybridized carbons (Fsp3) is 0.211. The number of nitrogens with one attached hydrogen (secondary N) is 2. The summed E-state index contributed by atoms with van der Waals surface area (Å²) in [7, 11) is 0. The van der Waals surface area contributed by atoms with Gasteiger partial charge in [0.1, 0.15) is 12.6 Å². The summed E-state index contributed by atoms with van der Waals surface area (Å²) in [5, 5.41) is 13.5. The second-order valence-electron chi connectivity index (χ2n) is 6.11. The average molecular weight is 369 g/mol. The van der Waals surface area contributed by atoms with Gasteiger partial charge in [-0.25, -0.2) is 14.4 Å². The minimum Gasteiger partial charge on any atom is -0.480 e. The number of fused-ring (bicyclic) bond motifs is 3. The predicted molar refractivity (Wildman–Crippen MR) is 97.2 cm³/mol. The summed E-state index contributed by atoms with van der Waals surface area (Å²) < 4.78 is 5.27. The molecular formula is C19H19N3O5. The van der Waals surface area contributed by atoms with Crippen LogP contribution in [0.2, 0.25) is 0 Å². The third-order valence-electron chi connectivity index (χ3n) is 4.41. The van der Waals surface area contributed by atoms with E-state index >= 15 is 0 Å². The third kappa shape index (κ3) is 4.00. The highest BCUT2D eigenvalue weighted by Gasteiger charge is 2.29. The number of alkyl carbamates (subject to hydrolysis) is 1. The molecular weight excluding hydrogens is 350 g/mol. The van der Waals surface area contributed by atoms with E-state index in [2.05, 4.69) is 10.6 Å². The molecule has 0 spiro atoms.